The number of benzene rings is 1. The van der Waals surface area contributed by atoms with E-state index in [1.54, 1.807) is 18.2 Å². The smallest absolute Gasteiger partial charge is 0.340 e. The van der Waals surface area contributed by atoms with Crippen LogP contribution < -0.4 is 0 Å². The quantitative estimate of drug-likeness (QED) is 0.823. The number of esters is 1. The van der Waals surface area contributed by atoms with Gasteiger partial charge in [0.1, 0.15) is 6.10 Å². The van der Waals surface area contributed by atoms with E-state index < -0.39 is 18.4 Å². The predicted molar refractivity (Wildman–Crippen MR) is 61.8 cm³/mol. The Morgan fingerprint density at radius 3 is 3.06 bits per heavy atom. The Balaban J connectivity index is 2.01. The van der Waals surface area contributed by atoms with Crippen LogP contribution >= 0.6 is 11.6 Å². The molecule has 1 saturated heterocycles. The van der Waals surface area contributed by atoms with Gasteiger partial charge in [-0.25, -0.2) is 4.79 Å². The van der Waals surface area contributed by atoms with Crippen molar-refractivity contribution in [1.29, 1.82) is 0 Å². The van der Waals surface area contributed by atoms with Gasteiger partial charge in [0.15, 0.2) is 0 Å². The lowest BCUT2D eigenvalue weighted by molar-refractivity contribution is -0.187. The summed E-state index contributed by atoms with van der Waals surface area (Å²) in [7, 11) is 0. The summed E-state index contributed by atoms with van der Waals surface area (Å²) < 4.78 is 10.3. The van der Waals surface area contributed by atoms with Gasteiger partial charge in [0.2, 0.25) is 6.29 Å². The first-order chi connectivity index (χ1) is 8.16. The molecular weight excluding hydrogens is 244 g/mol. The van der Waals surface area contributed by atoms with E-state index in [1.165, 1.54) is 6.07 Å². The Bertz CT molecular complexity index is 407. The van der Waals surface area contributed by atoms with E-state index in [0.717, 1.165) is 6.42 Å². The zero-order valence-electron chi connectivity index (χ0n) is 9.14. The van der Waals surface area contributed by atoms with E-state index in [9.17, 15) is 9.90 Å². The standard InChI is InChI=1S/C12H13ClO4/c13-9-4-1-3-8(7-9)11(15)17-12-10(14)5-2-6-16-12/h1,3-4,7,10,12,14H,2,5-6H2/t10-,12+/m1/s1. The molecule has 1 fully saturated rings. The molecule has 4 nitrogen and oxygen atoms in total. The molecule has 0 aromatic heterocycles. The van der Waals surface area contributed by atoms with Gasteiger partial charge in [-0.2, -0.15) is 0 Å². The number of aliphatic hydroxyl groups excluding tert-OH is 1. The Morgan fingerprint density at radius 1 is 1.53 bits per heavy atom. The van der Waals surface area contributed by atoms with Gasteiger partial charge >= 0.3 is 5.97 Å². The molecule has 0 saturated carbocycles. The minimum atomic E-state index is -0.879. The summed E-state index contributed by atoms with van der Waals surface area (Å²) in [6.45, 7) is 0.491. The third-order valence-corrected chi connectivity index (χ3v) is 2.76. The molecule has 5 heteroatoms. The summed E-state index contributed by atoms with van der Waals surface area (Å²) in [6, 6.07) is 6.45. The minimum absolute atomic E-state index is 0.346. The molecule has 2 rings (SSSR count). The first kappa shape index (κ1) is 12.4. The van der Waals surface area contributed by atoms with Crippen molar-refractivity contribution in [2.45, 2.75) is 25.2 Å². The Kier molecular flexibility index (Phi) is 3.99. The molecule has 0 unspecified atom stereocenters. The highest BCUT2D eigenvalue weighted by molar-refractivity contribution is 6.30. The number of hydrogen-bond acceptors (Lipinski definition) is 4. The fourth-order valence-electron chi connectivity index (χ4n) is 1.64. The zero-order valence-corrected chi connectivity index (χ0v) is 9.89. The van der Waals surface area contributed by atoms with Gasteiger partial charge in [-0.05, 0) is 31.0 Å². The average molecular weight is 257 g/mol. The topological polar surface area (TPSA) is 55.8 Å². The van der Waals surface area contributed by atoms with E-state index in [2.05, 4.69) is 0 Å². The number of rotatable bonds is 2. The van der Waals surface area contributed by atoms with Gasteiger partial charge < -0.3 is 14.6 Å². The summed E-state index contributed by atoms with van der Waals surface area (Å²) in [5.74, 6) is -0.543. The number of aliphatic hydroxyl groups is 1. The highest BCUT2D eigenvalue weighted by Gasteiger charge is 2.27. The van der Waals surface area contributed by atoms with Crippen LogP contribution in [0.3, 0.4) is 0 Å². The van der Waals surface area contributed by atoms with Gasteiger partial charge in [-0.15, -0.1) is 0 Å². The monoisotopic (exact) mass is 256 g/mol. The highest BCUT2D eigenvalue weighted by atomic mass is 35.5. The normalized spacial score (nSPS) is 24.4. The number of hydrogen-bond donors (Lipinski definition) is 1. The van der Waals surface area contributed by atoms with Crippen LogP contribution in [0.4, 0.5) is 0 Å². The lowest BCUT2D eigenvalue weighted by Gasteiger charge is -2.27. The first-order valence-corrected chi connectivity index (χ1v) is 5.81. The van der Waals surface area contributed by atoms with Crippen LogP contribution in [0, 0.1) is 0 Å². The van der Waals surface area contributed by atoms with Gasteiger partial charge in [0.05, 0.1) is 12.2 Å². The number of halogens is 1. The largest absolute Gasteiger partial charge is 0.429 e. The molecule has 2 atom stereocenters. The zero-order chi connectivity index (χ0) is 12.3. The number of carbonyl (C=O) groups is 1. The van der Waals surface area contributed by atoms with Crippen molar-refractivity contribution in [1.82, 2.24) is 0 Å². The third kappa shape index (κ3) is 3.19. The van der Waals surface area contributed by atoms with Crippen LogP contribution in [0.1, 0.15) is 23.2 Å². The molecule has 0 radical (unpaired) electrons. The van der Waals surface area contributed by atoms with Crippen LogP contribution in [-0.2, 0) is 9.47 Å². The molecule has 1 aromatic rings. The van der Waals surface area contributed by atoms with Crippen LogP contribution in [0.25, 0.3) is 0 Å². The Hall–Kier alpha value is -1.10. The number of ether oxygens (including phenoxy) is 2. The van der Waals surface area contributed by atoms with Crippen molar-refractivity contribution in [2.75, 3.05) is 6.61 Å². The van der Waals surface area contributed by atoms with E-state index in [0.29, 0.717) is 23.6 Å². The molecule has 1 heterocycles. The third-order valence-electron chi connectivity index (χ3n) is 2.52. The second-order valence-corrected chi connectivity index (χ2v) is 4.30. The van der Waals surface area contributed by atoms with Crippen LogP contribution in [0.2, 0.25) is 5.02 Å². The van der Waals surface area contributed by atoms with Crippen LogP contribution in [0.5, 0.6) is 0 Å². The molecular formula is C12H13ClO4. The van der Waals surface area contributed by atoms with E-state index >= 15 is 0 Å². The fraction of sp³-hybridized carbons (Fsp3) is 0.417. The molecule has 0 bridgehead atoms. The van der Waals surface area contributed by atoms with Gasteiger partial charge in [-0.3, -0.25) is 0 Å². The first-order valence-electron chi connectivity index (χ1n) is 5.43. The van der Waals surface area contributed by atoms with Crippen molar-refractivity contribution in [3.8, 4) is 0 Å². The maximum Gasteiger partial charge on any atom is 0.340 e. The maximum atomic E-state index is 11.7. The van der Waals surface area contributed by atoms with E-state index in [1.807, 2.05) is 0 Å². The summed E-state index contributed by atoms with van der Waals surface area (Å²) in [4.78, 5) is 11.7. The van der Waals surface area contributed by atoms with Crippen molar-refractivity contribution in [3.05, 3.63) is 34.9 Å². The van der Waals surface area contributed by atoms with E-state index in [-0.39, 0.29) is 0 Å². The van der Waals surface area contributed by atoms with Crippen LogP contribution in [0.15, 0.2) is 24.3 Å². The summed E-state index contributed by atoms with van der Waals surface area (Å²) in [5, 5.41) is 10.1. The average Bonchev–Trinajstić information content (AvgIpc) is 2.32. The van der Waals surface area contributed by atoms with Crippen molar-refractivity contribution in [3.63, 3.8) is 0 Å². The maximum absolute atomic E-state index is 11.7. The van der Waals surface area contributed by atoms with E-state index in [4.69, 9.17) is 21.1 Å². The summed E-state index contributed by atoms with van der Waals surface area (Å²) in [5.41, 5.74) is 0.346. The lowest BCUT2D eigenvalue weighted by Crippen LogP contribution is -2.37. The van der Waals surface area contributed by atoms with Gasteiger partial charge in [0.25, 0.3) is 0 Å². The molecule has 92 valence electrons. The molecule has 1 N–H and O–H groups in total. The molecule has 1 aromatic carbocycles. The number of carbonyl (C=O) groups excluding carboxylic acids is 1. The Labute approximate surface area is 104 Å². The molecule has 17 heavy (non-hydrogen) atoms. The van der Waals surface area contributed by atoms with Crippen molar-refractivity contribution < 1.29 is 19.4 Å². The lowest BCUT2D eigenvalue weighted by atomic mass is 10.1. The molecule has 0 amide bonds. The summed E-state index contributed by atoms with van der Waals surface area (Å²) in [6.07, 6.45) is -0.290. The minimum Gasteiger partial charge on any atom is -0.429 e. The second kappa shape index (κ2) is 5.49. The SMILES string of the molecule is O=C(O[C@@H]1OCCC[C@H]1O)c1cccc(Cl)c1. The molecule has 1 aliphatic heterocycles. The highest BCUT2D eigenvalue weighted by Crippen LogP contribution is 2.18. The Morgan fingerprint density at radius 2 is 2.35 bits per heavy atom. The van der Waals surface area contributed by atoms with Crippen LogP contribution in [-0.4, -0.2) is 30.1 Å². The van der Waals surface area contributed by atoms with Crippen molar-refractivity contribution in [2.24, 2.45) is 0 Å². The van der Waals surface area contributed by atoms with Gasteiger partial charge in [0, 0.05) is 5.02 Å². The molecule has 1 aliphatic rings. The fourth-order valence-corrected chi connectivity index (χ4v) is 1.83. The van der Waals surface area contributed by atoms with Crippen molar-refractivity contribution >= 4 is 17.6 Å². The molecule has 0 spiro atoms. The predicted octanol–water partition coefficient (Wildman–Crippen LogP) is 1.99. The molecule has 0 aliphatic carbocycles. The summed E-state index contributed by atoms with van der Waals surface area (Å²) >= 11 is 5.77. The second-order valence-electron chi connectivity index (χ2n) is 3.86. The van der Waals surface area contributed by atoms with Gasteiger partial charge in [-0.1, -0.05) is 17.7 Å².